The Morgan fingerprint density at radius 2 is 1.62 bits per heavy atom. The third-order valence-corrected chi connectivity index (χ3v) is 3.37. The summed E-state index contributed by atoms with van der Waals surface area (Å²) in [6, 6.07) is 0. The van der Waals surface area contributed by atoms with E-state index >= 15 is 0 Å². The third-order valence-electron chi connectivity index (χ3n) is 1.41. The molecule has 0 aromatic heterocycles. The van der Waals surface area contributed by atoms with Gasteiger partial charge >= 0.3 is 0 Å². The van der Waals surface area contributed by atoms with E-state index in [-0.39, 0.29) is 0 Å². The summed E-state index contributed by atoms with van der Waals surface area (Å²) in [6.07, 6.45) is 4.37. The molecule has 0 atom stereocenters. The third kappa shape index (κ3) is 0.966. The van der Waals surface area contributed by atoms with Crippen molar-refractivity contribution < 1.29 is 0 Å². The van der Waals surface area contributed by atoms with Crippen LogP contribution in [0.25, 0.3) is 0 Å². The minimum atomic E-state index is 0.674. The number of halogens is 1. The number of hydrogen-bond donors (Lipinski definition) is 0. The smallest absolute Gasteiger partial charge is 0.0529 e. The summed E-state index contributed by atoms with van der Waals surface area (Å²) in [6.45, 7) is 4.34. The molecule has 0 spiro atoms. The van der Waals surface area contributed by atoms with Crippen molar-refractivity contribution >= 4 is 22.6 Å². The highest BCUT2D eigenvalue weighted by atomic mass is 127. The fraction of sp³-hybridized carbons (Fsp3) is 0.429. The van der Waals surface area contributed by atoms with Gasteiger partial charge in [0.1, 0.15) is 0 Å². The van der Waals surface area contributed by atoms with Gasteiger partial charge in [0.15, 0.2) is 0 Å². The Kier molecular flexibility index (Phi) is 1.75. The molecule has 1 rings (SSSR count). The molecule has 0 bridgehead atoms. The molecule has 0 fully saturated rings. The maximum atomic E-state index is 2.45. The van der Waals surface area contributed by atoms with E-state index in [1.807, 2.05) is 0 Å². The van der Waals surface area contributed by atoms with E-state index in [0.717, 1.165) is 0 Å². The summed E-state index contributed by atoms with van der Waals surface area (Å²) in [7, 11) is 0. The van der Waals surface area contributed by atoms with Crippen LogP contribution >= 0.6 is 22.6 Å². The lowest BCUT2D eigenvalue weighted by Gasteiger charge is -2.02. The topological polar surface area (TPSA) is 0 Å². The lowest BCUT2D eigenvalue weighted by molar-refractivity contribution is 1.21. The van der Waals surface area contributed by atoms with Crippen molar-refractivity contribution in [2.75, 3.05) is 0 Å². The molecule has 0 heterocycles. The summed E-state index contributed by atoms with van der Waals surface area (Å²) in [4.78, 5) is 0. The van der Waals surface area contributed by atoms with Gasteiger partial charge in [-0.2, -0.15) is 0 Å². The molecule has 0 unspecified atom stereocenters. The summed E-state index contributed by atoms with van der Waals surface area (Å²) in [5.74, 6) is 0. The highest BCUT2D eigenvalue weighted by Gasteiger charge is 2.10. The number of rotatable bonds is 0. The van der Waals surface area contributed by atoms with Gasteiger partial charge in [-0.15, -0.1) is 0 Å². The van der Waals surface area contributed by atoms with Crippen molar-refractivity contribution in [3.63, 3.8) is 0 Å². The first-order valence-electron chi connectivity index (χ1n) is 2.71. The Labute approximate surface area is 63.8 Å². The van der Waals surface area contributed by atoms with Crippen LogP contribution in [0.4, 0.5) is 0 Å². The maximum absolute atomic E-state index is 2.45. The van der Waals surface area contributed by atoms with E-state index in [2.05, 4.69) is 48.6 Å². The summed E-state index contributed by atoms with van der Waals surface area (Å²) < 4.78 is 0.674. The summed E-state index contributed by atoms with van der Waals surface area (Å²) in [5.41, 5.74) is 2.95. The van der Waals surface area contributed by atoms with E-state index in [1.54, 1.807) is 0 Å². The first kappa shape index (κ1) is 6.33. The van der Waals surface area contributed by atoms with Gasteiger partial charge < -0.3 is 0 Å². The molecule has 0 aromatic rings. The Hall–Kier alpha value is 0.210. The minimum absolute atomic E-state index is 0.674. The second kappa shape index (κ2) is 2.21. The van der Waals surface area contributed by atoms with Crippen LogP contribution < -0.4 is 0 Å². The molecule has 1 heteroatoms. The van der Waals surface area contributed by atoms with Gasteiger partial charge in [-0.3, -0.25) is 0 Å². The highest BCUT2D eigenvalue weighted by Crippen LogP contribution is 2.25. The van der Waals surface area contributed by atoms with Crippen LogP contribution in [0.1, 0.15) is 13.8 Å². The molecular formula is C7H9I. The second-order valence-electron chi connectivity index (χ2n) is 2.18. The number of hydrogen-bond acceptors (Lipinski definition) is 0. The average molecular weight is 220 g/mol. The molecule has 1 aliphatic carbocycles. The fourth-order valence-corrected chi connectivity index (χ4v) is 1.21. The molecule has 44 valence electrons. The molecule has 0 N–H and O–H groups in total. The van der Waals surface area contributed by atoms with Gasteiger partial charge in [0.05, 0.1) is 3.92 Å². The van der Waals surface area contributed by atoms with Crippen molar-refractivity contribution in [1.29, 1.82) is 0 Å². The van der Waals surface area contributed by atoms with E-state index in [9.17, 15) is 0 Å². The molecule has 0 saturated heterocycles. The Balaban J connectivity index is 2.75. The van der Waals surface area contributed by atoms with Gasteiger partial charge in [-0.05, 0) is 13.8 Å². The monoisotopic (exact) mass is 220 g/mol. The first-order valence-corrected chi connectivity index (χ1v) is 3.95. The standard InChI is InChI=1S/C7H9I/c1-5-3-4-6(2)7(5)8/h3-4,7H,1-2H3. The Bertz CT molecular complexity index is 136. The van der Waals surface area contributed by atoms with E-state index in [1.165, 1.54) is 11.1 Å². The van der Waals surface area contributed by atoms with Gasteiger partial charge in [0.25, 0.3) is 0 Å². The van der Waals surface area contributed by atoms with Crippen LogP contribution in [0.2, 0.25) is 0 Å². The molecule has 1 aliphatic rings. The molecule has 0 amide bonds. The van der Waals surface area contributed by atoms with Crippen LogP contribution in [0.3, 0.4) is 0 Å². The molecule has 0 saturated carbocycles. The molecule has 0 radical (unpaired) electrons. The van der Waals surface area contributed by atoms with Crippen LogP contribution in [0, 0.1) is 0 Å². The van der Waals surface area contributed by atoms with Gasteiger partial charge in [0, 0.05) is 0 Å². The zero-order valence-corrected chi connectivity index (χ0v) is 7.27. The predicted octanol–water partition coefficient (Wildman–Crippen LogP) is 2.70. The molecule has 0 nitrogen and oxygen atoms in total. The maximum Gasteiger partial charge on any atom is 0.0529 e. The quantitative estimate of drug-likeness (QED) is 0.435. The molecule has 0 aliphatic heterocycles. The second-order valence-corrected chi connectivity index (χ2v) is 3.43. The van der Waals surface area contributed by atoms with Gasteiger partial charge in [0.2, 0.25) is 0 Å². The SMILES string of the molecule is CC1=CC=C(C)C1I. The Morgan fingerprint density at radius 1 is 1.25 bits per heavy atom. The average Bonchev–Trinajstić information content (AvgIpc) is 1.98. The summed E-state index contributed by atoms with van der Waals surface area (Å²) in [5, 5.41) is 0. The zero-order valence-electron chi connectivity index (χ0n) is 5.11. The summed E-state index contributed by atoms with van der Waals surface area (Å²) >= 11 is 2.45. The van der Waals surface area contributed by atoms with Crippen molar-refractivity contribution in [3.8, 4) is 0 Å². The lowest BCUT2D eigenvalue weighted by atomic mass is 10.2. The van der Waals surface area contributed by atoms with Gasteiger partial charge in [-0.1, -0.05) is 45.9 Å². The van der Waals surface area contributed by atoms with Crippen LogP contribution in [0.5, 0.6) is 0 Å². The Morgan fingerprint density at radius 3 is 1.75 bits per heavy atom. The molecular weight excluding hydrogens is 211 g/mol. The van der Waals surface area contributed by atoms with Crippen molar-refractivity contribution in [2.24, 2.45) is 0 Å². The van der Waals surface area contributed by atoms with Crippen molar-refractivity contribution in [2.45, 2.75) is 17.8 Å². The first-order chi connectivity index (χ1) is 3.72. The van der Waals surface area contributed by atoms with Crippen molar-refractivity contribution in [1.82, 2.24) is 0 Å². The number of alkyl halides is 1. The largest absolute Gasteiger partial charge is 0.0729 e. The minimum Gasteiger partial charge on any atom is -0.0729 e. The molecule has 0 aromatic carbocycles. The van der Waals surface area contributed by atoms with E-state index in [4.69, 9.17) is 0 Å². The van der Waals surface area contributed by atoms with Crippen LogP contribution in [-0.4, -0.2) is 3.92 Å². The molecule has 8 heavy (non-hydrogen) atoms. The highest BCUT2D eigenvalue weighted by molar-refractivity contribution is 14.1. The number of allylic oxidation sites excluding steroid dienone is 4. The normalized spacial score (nSPS) is 20.9. The van der Waals surface area contributed by atoms with Gasteiger partial charge in [-0.25, -0.2) is 0 Å². The van der Waals surface area contributed by atoms with Crippen molar-refractivity contribution in [3.05, 3.63) is 23.3 Å². The van der Waals surface area contributed by atoms with Crippen LogP contribution in [-0.2, 0) is 0 Å². The zero-order chi connectivity index (χ0) is 6.15. The lowest BCUT2D eigenvalue weighted by Crippen LogP contribution is -1.94. The van der Waals surface area contributed by atoms with Crippen LogP contribution in [0.15, 0.2) is 23.3 Å². The fourth-order valence-electron chi connectivity index (χ4n) is 0.791. The predicted molar refractivity (Wildman–Crippen MR) is 45.3 cm³/mol. The van der Waals surface area contributed by atoms with E-state index < -0.39 is 0 Å². The van der Waals surface area contributed by atoms with E-state index in [0.29, 0.717) is 3.92 Å².